The second kappa shape index (κ2) is 5.68. The Hall–Kier alpha value is -2.12. The van der Waals surface area contributed by atoms with Crippen LogP contribution in [0.5, 0.6) is 0 Å². The molecule has 2 aromatic rings. The van der Waals surface area contributed by atoms with Gasteiger partial charge in [-0.25, -0.2) is 9.89 Å². The molecule has 0 saturated carbocycles. The van der Waals surface area contributed by atoms with Crippen molar-refractivity contribution in [3.05, 3.63) is 54.6 Å². The summed E-state index contributed by atoms with van der Waals surface area (Å²) in [7, 11) is 0. The van der Waals surface area contributed by atoms with Crippen LogP contribution in [0.25, 0.3) is 0 Å². The summed E-state index contributed by atoms with van der Waals surface area (Å²) in [5.74, 6) is -0.129. The van der Waals surface area contributed by atoms with E-state index in [1.807, 2.05) is 4.98 Å². The van der Waals surface area contributed by atoms with Crippen LogP contribution in [0.2, 0.25) is 10.0 Å². The van der Waals surface area contributed by atoms with Crippen molar-refractivity contribution >= 4 is 35.2 Å². The lowest BCUT2D eigenvalue weighted by molar-refractivity contribution is 0.890. The summed E-state index contributed by atoms with van der Waals surface area (Å²) in [6, 6.07) is 4.93. The van der Waals surface area contributed by atoms with Gasteiger partial charge in [-0.15, -0.1) is 5.10 Å². The molecule has 0 aliphatic carbocycles. The number of aromatic amines is 2. The number of H-pyrrole nitrogens is 2. The van der Waals surface area contributed by atoms with Crippen molar-refractivity contribution in [2.24, 2.45) is 5.10 Å². The van der Waals surface area contributed by atoms with Crippen molar-refractivity contribution in [2.75, 3.05) is 5.43 Å². The zero-order valence-electron chi connectivity index (χ0n) is 9.28. The lowest BCUT2D eigenvalue weighted by atomic mass is 10.2. The molecule has 0 fully saturated rings. The quantitative estimate of drug-likeness (QED) is 0.585. The number of hydrogen-bond donors (Lipinski definition) is 3. The Bertz CT molecular complexity index is 737. The molecule has 7 nitrogen and oxygen atoms in total. The molecule has 9 heteroatoms. The van der Waals surface area contributed by atoms with Gasteiger partial charge < -0.3 is 0 Å². The van der Waals surface area contributed by atoms with Crippen LogP contribution in [-0.4, -0.2) is 21.4 Å². The van der Waals surface area contributed by atoms with Gasteiger partial charge in [0.2, 0.25) is 5.82 Å². The maximum absolute atomic E-state index is 11.3. The van der Waals surface area contributed by atoms with E-state index < -0.39 is 11.2 Å². The molecular weight excluding hydrogens is 293 g/mol. The predicted molar refractivity (Wildman–Crippen MR) is 73.2 cm³/mol. The van der Waals surface area contributed by atoms with Crippen LogP contribution in [-0.2, 0) is 0 Å². The second-order valence-electron chi connectivity index (χ2n) is 3.40. The summed E-state index contributed by atoms with van der Waals surface area (Å²) in [5, 5.41) is 10.2. The largest absolute Gasteiger partial charge is 0.342 e. The fourth-order valence-electron chi connectivity index (χ4n) is 1.18. The van der Waals surface area contributed by atoms with Crippen molar-refractivity contribution < 1.29 is 0 Å². The molecule has 2 rings (SSSR count). The zero-order valence-corrected chi connectivity index (χ0v) is 10.8. The first-order valence-electron chi connectivity index (χ1n) is 4.99. The van der Waals surface area contributed by atoms with Crippen molar-refractivity contribution in [1.29, 1.82) is 0 Å². The van der Waals surface area contributed by atoms with Crippen molar-refractivity contribution in [3.8, 4) is 0 Å². The number of rotatable bonds is 3. The number of halogens is 2. The Balaban J connectivity index is 2.13. The molecule has 1 aromatic carbocycles. The normalized spacial score (nSPS) is 10.8. The third-order valence-corrected chi connectivity index (χ3v) is 2.78. The highest BCUT2D eigenvalue weighted by atomic mass is 35.5. The van der Waals surface area contributed by atoms with E-state index >= 15 is 0 Å². The summed E-state index contributed by atoms with van der Waals surface area (Å²) >= 11 is 11.6. The molecule has 0 spiro atoms. The molecule has 0 aliphatic heterocycles. The number of aromatic nitrogens is 3. The summed E-state index contributed by atoms with van der Waals surface area (Å²) < 4.78 is 0. The topological polar surface area (TPSA) is 103 Å². The molecule has 0 amide bonds. The van der Waals surface area contributed by atoms with Crippen LogP contribution in [0.3, 0.4) is 0 Å². The number of benzene rings is 1. The minimum Gasteiger partial charge on any atom is -0.270 e. The molecule has 0 aliphatic rings. The van der Waals surface area contributed by atoms with Crippen LogP contribution in [0, 0.1) is 0 Å². The monoisotopic (exact) mass is 299 g/mol. The minimum atomic E-state index is -0.691. The summed E-state index contributed by atoms with van der Waals surface area (Å²) in [4.78, 5) is 24.0. The first-order valence-corrected chi connectivity index (χ1v) is 5.75. The van der Waals surface area contributed by atoms with Gasteiger partial charge in [0.25, 0.3) is 5.56 Å². The molecule has 98 valence electrons. The highest BCUT2D eigenvalue weighted by Crippen LogP contribution is 2.21. The number of hydrazone groups is 1. The van der Waals surface area contributed by atoms with E-state index in [9.17, 15) is 9.59 Å². The van der Waals surface area contributed by atoms with Gasteiger partial charge in [-0.1, -0.05) is 29.3 Å². The number of anilines is 1. The van der Waals surface area contributed by atoms with Gasteiger partial charge in [0.15, 0.2) is 0 Å². The average Bonchev–Trinajstić information content (AvgIpc) is 2.36. The first-order chi connectivity index (χ1) is 9.06. The summed E-state index contributed by atoms with van der Waals surface area (Å²) in [6.07, 6.45) is 1.43. The smallest absolute Gasteiger partial charge is 0.270 e. The predicted octanol–water partition coefficient (Wildman–Crippen LogP) is 1.21. The van der Waals surface area contributed by atoms with Gasteiger partial charge in [-0.3, -0.25) is 15.2 Å². The van der Waals surface area contributed by atoms with E-state index in [4.69, 9.17) is 23.2 Å². The molecule has 3 N–H and O–H groups in total. The standard InChI is InChI=1S/C10H7Cl2N5O2/c11-6-2-1-5(3-7(6)12)4-13-15-8-9(18)14-10(19)17-16-8/h1-4H,(H,15,16)(H2,14,17,18,19)/b13-4+. The Morgan fingerprint density at radius 2 is 2.05 bits per heavy atom. The highest BCUT2D eigenvalue weighted by molar-refractivity contribution is 6.42. The van der Waals surface area contributed by atoms with E-state index in [1.165, 1.54) is 6.21 Å². The average molecular weight is 300 g/mol. The zero-order chi connectivity index (χ0) is 13.8. The van der Waals surface area contributed by atoms with Gasteiger partial charge in [0.05, 0.1) is 16.3 Å². The molecule has 1 aromatic heterocycles. The highest BCUT2D eigenvalue weighted by Gasteiger charge is 2.00. The third kappa shape index (κ3) is 3.43. The van der Waals surface area contributed by atoms with Crippen LogP contribution >= 0.6 is 23.2 Å². The molecule has 1 heterocycles. The Morgan fingerprint density at radius 1 is 1.26 bits per heavy atom. The van der Waals surface area contributed by atoms with E-state index in [0.29, 0.717) is 15.6 Å². The Morgan fingerprint density at radius 3 is 2.74 bits per heavy atom. The van der Waals surface area contributed by atoms with E-state index in [-0.39, 0.29) is 5.82 Å². The lowest BCUT2D eigenvalue weighted by Gasteiger charge is -1.98. The van der Waals surface area contributed by atoms with Crippen LogP contribution in [0.15, 0.2) is 32.9 Å². The van der Waals surface area contributed by atoms with Crippen LogP contribution < -0.4 is 16.7 Å². The van der Waals surface area contributed by atoms with Crippen LogP contribution in [0.4, 0.5) is 5.82 Å². The summed E-state index contributed by atoms with van der Waals surface area (Å²) in [5.41, 5.74) is 1.71. The number of nitrogens with one attached hydrogen (secondary N) is 3. The molecule has 0 atom stereocenters. The summed E-state index contributed by atoms with van der Waals surface area (Å²) in [6.45, 7) is 0. The minimum absolute atomic E-state index is 0.129. The van der Waals surface area contributed by atoms with Crippen molar-refractivity contribution in [1.82, 2.24) is 15.2 Å². The molecule has 0 unspecified atom stereocenters. The molecule has 19 heavy (non-hydrogen) atoms. The molecule has 0 bridgehead atoms. The van der Waals surface area contributed by atoms with Crippen molar-refractivity contribution in [3.63, 3.8) is 0 Å². The fraction of sp³-hybridized carbons (Fsp3) is 0. The molecule has 0 radical (unpaired) electrons. The van der Waals surface area contributed by atoms with Crippen LogP contribution in [0.1, 0.15) is 5.56 Å². The van der Waals surface area contributed by atoms with E-state index in [2.05, 4.69) is 20.7 Å². The number of nitrogens with zero attached hydrogens (tertiary/aromatic N) is 2. The molecule has 0 saturated heterocycles. The van der Waals surface area contributed by atoms with E-state index in [1.54, 1.807) is 18.2 Å². The van der Waals surface area contributed by atoms with Gasteiger partial charge in [0, 0.05) is 0 Å². The van der Waals surface area contributed by atoms with E-state index in [0.717, 1.165) is 0 Å². The second-order valence-corrected chi connectivity index (χ2v) is 4.21. The van der Waals surface area contributed by atoms with Gasteiger partial charge in [0.1, 0.15) is 0 Å². The fourth-order valence-corrected chi connectivity index (χ4v) is 1.49. The Kier molecular flexibility index (Phi) is 3.98. The Labute approximate surface area is 116 Å². The first kappa shape index (κ1) is 13.3. The lowest BCUT2D eigenvalue weighted by Crippen LogP contribution is -2.25. The maximum Gasteiger partial charge on any atom is 0.342 e. The third-order valence-electron chi connectivity index (χ3n) is 2.04. The van der Waals surface area contributed by atoms with Gasteiger partial charge in [-0.05, 0) is 17.7 Å². The van der Waals surface area contributed by atoms with Gasteiger partial charge >= 0.3 is 5.69 Å². The van der Waals surface area contributed by atoms with Gasteiger partial charge in [-0.2, -0.15) is 5.10 Å². The SMILES string of the molecule is O=c1[nH]nc(N/N=C/c2ccc(Cl)c(Cl)c2)c(=O)[nH]1. The van der Waals surface area contributed by atoms with Crippen molar-refractivity contribution in [2.45, 2.75) is 0 Å². The number of hydrogen-bond acceptors (Lipinski definition) is 5. The molecular formula is C10H7Cl2N5O2. The maximum atomic E-state index is 11.3.